The minimum absolute atomic E-state index is 0.230. The van der Waals surface area contributed by atoms with Crippen LogP contribution >= 0.6 is 0 Å². The number of aromatic nitrogens is 1. The Morgan fingerprint density at radius 2 is 2.22 bits per heavy atom. The average Bonchev–Trinajstić information content (AvgIpc) is 2.87. The van der Waals surface area contributed by atoms with Crippen molar-refractivity contribution >= 4 is 0 Å². The van der Waals surface area contributed by atoms with Crippen molar-refractivity contribution < 1.29 is 9.15 Å². The smallest absolute Gasteiger partial charge is 0.137 e. The molecule has 2 N–H and O–H groups in total. The summed E-state index contributed by atoms with van der Waals surface area (Å²) in [5.74, 6) is 1.66. The maximum absolute atomic E-state index is 6.25. The van der Waals surface area contributed by atoms with Gasteiger partial charge in [0, 0.05) is 18.2 Å². The second-order valence-electron chi connectivity index (χ2n) is 4.02. The number of aryl methyl sites for hydroxylation is 1. The number of hydrogen-bond acceptors (Lipinski definition) is 4. The molecular formula is C14H18N2O2. The summed E-state index contributed by atoms with van der Waals surface area (Å²) in [7, 11) is 0. The van der Waals surface area contributed by atoms with Gasteiger partial charge >= 0.3 is 0 Å². The summed E-state index contributed by atoms with van der Waals surface area (Å²) in [6.45, 7) is 4.61. The summed E-state index contributed by atoms with van der Waals surface area (Å²) in [4.78, 5) is 4.15. The number of nitrogens with two attached hydrogens (primary N) is 1. The molecule has 0 saturated heterocycles. The fourth-order valence-corrected chi connectivity index (χ4v) is 1.95. The van der Waals surface area contributed by atoms with Crippen LogP contribution in [0, 0.1) is 0 Å². The Hall–Kier alpha value is -1.81. The SMILES string of the molecule is CCOc1cncc(C(N)c2ccoc2CC)c1. The third-order valence-corrected chi connectivity index (χ3v) is 2.84. The molecule has 18 heavy (non-hydrogen) atoms. The van der Waals surface area contributed by atoms with Gasteiger partial charge in [0.2, 0.25) is 0 Å². The third-order valence-electron chi connectivity index (χ3n) is 2.84. The number of ether oxygens (including phenoxy) is 1. The Balaban J connectivity index is 2.28. The molecule has 2 aromatic heterocycles. The molecule has 1 unspecified atom stereocenters. The van der Waals surface area contributed by atoms with Crippen molar-refractivity contribution in [3.8, 4) is 5.75 Å². The van der Waals surface area contributed by atoms with Crippen LogP contribution in [0.4, 0.5) is 0 Å². The molecule has 0 bridgehead atoms. The van der Waals surface area contributed by atoms with Crippen LogP contribution in [0.15, 0.2) is 35.2 Å². The van der Waals surface area contributed by atoms with Gasteiger partial charge in [-0.25, -0.2) is 0 Å². The van der Waals surface area contributed by atoms with Gasteiger partial charge < -0.3 is 14.9 Å². The first-order valence-corrected chi connectivity index (χ1v) is 6.15. The lowest BCUT2D eigenvalue weighted by atomic mass is 10.0. The van der Waals surface area contributed by atoms with E-state index in [1.54, 1.807) is 18.7 Å². The Bertz CT molecular complexity index is 508. The molecule has 4 heteroatoms. The van der Waals surface area contributed by atoms with Crippen LogP contribution in [0.5, 0.6) is 5.75 Å². The zero-order valence-corrected chi connectivity index (χ0v) is 10.7. The van der Waals surface area contributed by atoms with Crippen LogP contribution in [-0.4, -0.2) is 11.6 Å². The first-order chi connectivity index (χ1) is 8.76. The van der Waals surface area contributed by atoms with E-state index in [-0.39, 0.29) is 6.04 Å². The van der Waals surface area contributed by atoms with Crippen molar-refractivity contribution in [1.29, 1.82) is 0 Å². The van der Waals surface area contributed by atoms with E-state index in [1.807, 2.05) is 26.0 Å². The standard InChI is InChI=1S/C14H18N2O2/c1-3-13-12(5-6-18-13)14(15)10-7-11(17-4-2)9-16-8-10/h5-9,14H,3-4,15H2,1-2H3. The molecule has 0 spiro atoms. The van der Waals surface area contributed by atoms with Gasteiger partial charge in [-0.15, -0.1) is 0 Å². The van der Waals surface area contributed by atoms with Gasteiger partial charge in [-0.05, 0) is 24.6 Å². The zero-order chi connectivity index (χ0) is 13.0. The Morgan fingerprint density at radius 3 is 2.94 bits per heavy atom. The molecular weight excluding hydrogens is 228 g/mol. The molecule has 2 aromatic rings. The van der Waals surface area contributed by atoms with Crippen molar-refractivity contribution in [1.82, 2.24) is 4.98 Å². The van der Waals surface area contributed by atoms with Crippen molar-refractivity contribution in [3.05, 3.63) is 47.7 Å². The molecule has 0 aliphatic heterocycles. The Kier molecular flexibility index (Phi) is 3.99. The van der Waals surface area contributed by atoms with Crippen molar-refractivity contribution in [2.75, 3.05) is 6.61 Å². The summed E-state index contributed by atoms with van der Waals surface area (Å²) in [6, 6.07) is 3.61. The molecule has 0 fully saturated rings. The van der Waals surface area contributed by atoms with Gasteiger partial charge in [-0.2, -0.15) is 0 Å². The van der Waals surface area contributed by atoms with Gasteiger partial charge in [0.15, 0.2) is 0 Å². The predicted molar refractivity (Wildman–Crippen MR) is 69.5 cm³/mol. The van der Waals surface area contributed by atoms with Crippen LogP contribution in [0.25, 0.3) is 0 Å². The molecule has 1 atom stereocenters. The largest absolute Gasteiger partial charge is 0.492 e. The van der Waals surface area contributed by atoms with Gasteiger partial charge in [-0.3, -0.25) is 4.98 Å². The van der Waals surface area contributed by atoms with E-state index in [2.05, 4.69) is 4.98 Å². The normalized spacial score (nSPS) is 12.4. The number of hydrogen-bond donors (Lipinski definition) is 1. The average molecular weight is 246 g/mol. The number of rotatable bonds is 5. The van der Waals surface area contributed by atoms with Gasteiger partial charge in [0.05, 0.1) is 25.1 Å². The maximum atomic E-state index is 6.25. The van der Waals surface area contributed by atoms with E-state index in [0.717, 1.165) is 29.1 Å². The van der Waals surface area contributed by atoms with E-state index in [1.165, 1.54) is 0 Å². The highest BCUT2D eigenvalue weighted by molar-refractivity contribution is 5.34. The fraction of sp³-hybridized carbons (Fsp3) is 0.357. The van der Waals surface area contributed by atoms with E-state index >= 15 is 0 Å². The summed E-state index contributed by atoms with van der Waals surface area (Å²) >= 11 is 0. The lowest BCUT2D eigenvalue weighted by molar-refractivity contribution is 0.338. The molecule has 2 heterocycles. The molecule has 0 aliphatic carbocycles. The molecule has 0 aliphatic rings. The predicted octanol–water partition coefficient (Wildman–Crippen LogP) is 2.68. The van der Waals surface area contributed by atoms with Crippen LogP contribution in [0.3, 0.4) is 0 Å². The Labute approximate surface area is 107 Å². The van der Waals surface area contributed by atoms with E-state index < -0.39 is 0 Å². The van der Waals surface area contributed by atoms with Crippen molar-refractivity contribution in [3.63, 3.8) is 0 Å². The third kappa shape index (κ3) is 2.54. The number of nitrogens with zero attached hydrogens (tertiary/aromatic N) is 1. The lowest BCUT2D eigenvalue weighted by Gasteiger charge is -2.12. The number of pyridine rings is 1. The first-order valence-electron chi connectivity index (χ1n) is 6.15. The second kappa shape index (κ2) is 5.69. The molecule has 2 rings (SSSR count). The minimum atomic E-state index is -0.230. The summed E-state index contributed by atoms with van der Waals surface area (Å²) in [6.07, 6.45) is 5.96. The lowest BCUT2D eigenvalue weighted by Crippen LogP contribution is -2.13. The van der Waals surface area contributed by atoms with Crippen molar-refractivity contribution in [2.24, 2.45) is 5.73 Å². The van der Waals surface area contributed by atoms with E-state index in [4.69, 9.17) is 14.9 Å². The minimum Gasteiger partial charge on any atom is -0.492 e. The molecule has 0 amide bonds. The van der Waals surface area contributed by atoms with Crippen molar-refractivity contribution in [2.45, 2.75) is 26.3 Å². The van der Waals surface area contributed by atoms with Crippen LogP contribution in [-0.2, 0) is 6.42 Å². The quantitative estimate of drug-likeness (QED) is 0.881. The first kappa shape index (κ1) is 12.6. The van der Waals surface area contributed by atoms with Crippen LogP contribution in [0.2, 0.25) is 0 Å². The van der Waals surface area contributed by atoms with Gasteiger partial charge in [0.1, 0.15) is 11.5 Å². The van der Waals surface area contributed by atoms with Gasteiger partial charge in [0.25, 0.3) is 0 Å². The van der Waals surface area contributed by atoms with E-state index in [0.29, 0.717) is 6.61 Å². The zero-order valence-electron chi connectivity index (χ0n) is 10.7. The maximum Gasteiger partial charge on any atom is 0.137 e. The van der Waals surface area contributed by atoms with Gasteiger partial charge in [-0.1, -0.05) is 6.92 Å². The van der Waals surface area contributed by atoms with Crippen LogP contribution in [0.1, 0.15) is 36.8 Å². The summed E-state index contributed by atoms with van der Waals surface area (Å²) < 4.78 is 10.8. The number of furan rings is 1. The Morgan fingerprint density at radius 1 is 1.39 bits per heavy atom. The second-order valence-corrected chi connectivity index (χ2v) is 4.02. The molecule has 0 saturated carbocycles. The molecule has 4 nitrogen and oxygen atoms in total. The topological polar surface area (TPSA) is 61.3 Å². The van der Waals surface area contributed by atoms with E-state index in [9.17, 15) is 0 Å². The highest BCUT2D eigenvalue weighted by Crippen LogP contribution is 2.25. The summed E-state index contributed by atoms with van der Waals surface area (Å²) in [5, 5.41) is 0. The highest BCUT2D eigenvalue weighted by atomic mass is 16.5. The van der Waals surface area contributed by atoms with Crippen LogP contribution < -0.4 is 10.5 Å². The monoisotopic (exact) mass is 246 g/mol. The molecule has 96 valence electrons. The molecule has 0 aromatic carbocycles. The fourth-order valence-electron chi connectivity index (χ4n) is 1.95. The molecule has 0 radical (unpaired) electrons. The highest BCUT2D eigenvalue weighted by Gasteiger charge is 2.15. The summed E-state index contributed by atoms with van der Waals surface area (Å²) in [5.41, 5.74) is 8.18.